The van der Waals surface area contributed by atoms with Gasteiger partial charge in [-0.25, -0.2) is 9.97 Å². The highest BCUT2D eigenvalue weighted by Crippen LogP contribution is 2.27. The van der Waals surface area contributed by atoms with Crippen LogP contribution in [0.25, 0.3) is 0 Å². The first kappa shape index (κ1) is 12.7. The Morgan fingerprint density at radius 1 is 1.31 bits per heavy atom. The highest BCUT2D eigenvalue weighted by atomic mass is 16.5. The molecule has 16 heavy (non-hydrogen) atoms. The van der Waals surface area contributed by atoms with Crippen LogP contribution in [0.2, 0.25) is 0 Å². The molecule has 0 aliphatic heterocycles. The smallest absolute Gasteiger partial charge is 0.135 e. The van der Waals surface area contributed by atoms with Gasteiger partial charge < -0.3 is 15.4 Å². The van der Waals surface area contributed by atoms with Crippen LogP contribution in [0.4, 0.5) is 11.6 Å². The first-order chi connectivity index (χ1) is 7.70. The molecule has 0 aliphatic carbocycles. The highest BCUT2D eigenvalue weighted by molar-refractivity contribution is 5.58. The average Bonchev–Trinajstić information content (AvgIpc) is 2.28. The average molecular weight is 224 g/mol. The van der Waals surface area contributed by atoms with Gasteiger partial charge in [-0.1, -0.05) is 13.8 Å². The molecule has 0 aromatic carbocycles. The van der Waals surface area contributed by atoms with Crippen molar-refractivity contribution in [3.05, 3.63) is 11.9 Å². The van der Waals surface area contributed by atoms with E-state index in [0.29, 0.717) is 12.5 Å². The van der Waals surface area contributed by atoms with E-state index in [1.807, 2.05) is 7.05 Å². The Labute approximate surface area is 96.6 Å². The van der Waals surface area contributed by atoms with Crippen molar-refractivity contribution in [1.82, 2.24) is 9.97 Å². The highest BCUT2D eigenvalue weighted by Gasteiger charge is 2.13. The molecule has 0 saturated carbocycles. The van der Waals surface area contributed by atoms with Crippen molar-refractivity contribution in [2.45, 2.75) is 19.8 Å². The van der Waals surface area contributed by atoms with Gasteiger partial charge in [-0.2, -0.15) is 0 Å². The van der Waals surface area contributed by atoms with Crippen LogP contribution in [0.15, 0.2) is 6.33 Å². The van der Waals surface area contributed by atoms with Gasteiger partial charge in [-0.05, 0) is 5.92 Å². The van der Waals surface area contributed by atoms with E-state index in [1.165, 1.54) is 0 Å². The summed E-state index contributed by atoms with van der Waals surface area (Å²) >= 11 is 0. The number of hydrogen-bond donors (Lipinski definition) is 2. The second-order valence-corrected chi connectivity index (χ2v) is 3.81. The first-order valence-corrected chi connectivity index (χ1v) is 5.46. The molecule has 5 heteroatoms. The molecule has 0 radical (unpaired) electrons. The number of aromatic nitrogens is 2. The number of methoxy groups -OCH3 is 1. The van der Waals surface area contributed by atoms with E-state index in [2.05, 4.69) is 34.4 Å². The van der Waals surface area contributed by atoms with Crippen LogP contribution in [-0.4, -0.2) is 37.3 Å². The molecule has 0 unspecified atom stereocenters. The van der Waals surface area contributed by atoms with Gasteiger partial charge in [-0.15, -0.1) is 0 Å². The maximum absolute atomic E-state index is 5.00. The Balaban J connectivity index is 2.89. The lowest BCUT2D eigenvalue weighted by Gasteiger charge is -2.16. The number of nitrogens with one attached hydrogen (secondary N) is 2. The second-order valence-electron chi connectivity index (χ2n) is 3.81. The van der Waals surface area contributed by atoms with E-state index >= 15 is 0 Å². The molecule has 0 saturated heterocycles. The zero-order valence-corrected chi connectivity index (χ0v) is 10.4. The molecule has 2 N–H and O–H groups in total. The monoisotopic (exact) mass is 224 g/mol. The van der Waals surface area contributed by atoms with Crippen LogP contribution in [-0.2, 0) is 4.74 Å². The minimum atomic E-state index is 0.369. The van der Waals surface area contributed by atoms with Gasteiger partial charge in [0.2, 0.25) is 0 Å². The van der Waals surface area contributed by atoms with Crippen LogP contribution < -0.4 is 10.6 Å². The Morgan fingerprint density at radius 3 is 2.56 bits per heavy atom. The third-order valence-electron chi connectivity index (χ3n) is 2.30. The maximum atomic E-state index is 5.00. The van der Waals surface area contributed by atoms with Crippen molar-refractivity contribution >= 4 is 11.6 Å². The number of rotatable bonds is 6. The summed E-state index contributed by atoms with van der Waals surface area (Å²) in [6.45, 7) is 5.66. The number of nitrogens with zero attached hydrogens (tertiary/aromatic N) is 2. The molecule has 0 atom stereocenters. The standard InChI is InChI=1S/C11H20N4O/c1-8(2)9-10(12-3)14-7-15-11(9)13-5-6-16-4/h7-8H,5-6H2,1-4H3,(H2,12,13,14,15). The summed E-state index contributed by atoms with van der Waals surface area (Å²) in [4.78, 5) is 8.48. The Morgan fingerprint density at radius 2 is 2.00 bits per heavy atom. The summed E-state index contributed by atoms with van der Waals surface area (Å²) in [5.74, 6) is 2.13. The SMILES string of the molecule is CNc1ncnc(NCCOC)c1C(C)C. The molecule has 0 bridgehead atoms. The van der Waals surface area contributed by atoms with E-state index in [-0.39, 0.29) is 0 Å². The largest absolute Gasteiger partial charge is 0.383 e. The molecule has 1 aromatic rings. The van der Waals surface area contributed by atoms with Crippen molar-refractivity contribution in [3.63, 3.8) is 0 Å². The van der Waals surface area contributed by atoms with Crippen molar-refractivity contribution in [2.24, 2.45) is 0 Å². The minimum Gasteiger partial charge on any atom is -0.383 e. The fourth-order valence-electron chi connectivity index (χ4n) is 1.55. The minimum absolute atomic E-state index is 0.369. The first-order valence-electron chi connectivity index (χ1n) is 5.46. The summed E-state index contributed by atoms with van der Waals surface area (Å²) in [6.07, 6.45) is 1.56. The molecule has 90 valence electrons. The van der Waals surface area contributed by atoms with Gasteiger partial charge in [0.15, 0.2) is 0 Å². The fourth-order valence-corrected chi connectivity index (χ4v) is 1.55. The lowest BCUT2D eigenvalue weighted by molar-refractivity contribution is 0.210. The van der Waals surface area contributed by atoms with E-state index in [9.17, 15) is 0 Å². The summed E-state index contributed by atoms with van der Waals surface area (Å²) in [5, 5.41) is 6.34. The van der Waals surface area contributed by atoms with Crippen LogP contribution in [0.3, 0.4) is 0 Å². The fraction of sp³-hybridized carbons (Fsp3) is 0.636. The molecule has 0 aliphatic rings. The zero-order chi connectivity index (χ0) is 12.0. The van der Waals surface area contributed by atoms with E-state index in [1.54, 1.807) is 13.4 Å². The lowest BCUT2D eigenvalue weighted by atomic mass is 10.0. The van der Waals surface area contributed by atoms with Crippen molar-refractivity contribution in [1.29, 1.82) is 0 Å². The Kier molecular flexibility index (Phi) is 4.98. The Hall–Kier alpha value is -1.36. The second kappa shape index (κ2) is 6.27. The van der Waals surface area contributed by atoms with E-state index in [4.69, 9.17) is 4.74 Å². The van der Waals surface area contributed by atoms with Crippen molar-refractivity contribution in [2.75, 3.05) is 37.9 Å². The number of anilines is 2. The van der Waals surface area contributed by atoms with Gasteiger partial charge in [0, 0.05) is 26.3 Å². The van der Waals surface area contributed by atoms with Crippen LogP contribution in [0.5, 0.6) is 0 Å². The molecule has 0 spiro atoms. The lowest BCUT2D eigenvalue weighted by Crippen LogP contribution is -2.13. The van der Waals surface area contributed by atoms with Gasteiger partial charge >= 0.3 is 0 Å². The topological polar surface area (TPSA) is 59.1 Å². The molecule has 5 nitrogen and oxygen atoms in total. The van der Waals surface area contributed by atoms with Crippen molar-refractivity contribution in [3.8, 4) is 0 Å². The summed E-state index contributed by atoms with van der Waals surface area (Å²) < 4.78 is 5.00. The molecule has 1 rings (SSSR count). The van der Waals surface area contributed by atoms with Gasteiger partial charge in [0.05, 0.1) is 6.61 Å². The van der Waals surface area contributed by atoms with Crippen LogP contribution >= 0.6 is 0 Å². The third kappa shape index (κ3) is 3.06. The summed E-state index contributed by atoms with van der Waals surface area (Å²) in [6, 6.07) is 0. The third-order valence-corrected chi connectivity index (χ3v) is 2.30. The predicted octanol–water partition coefficient (Wildman–Crippen LogP) is 1.70. The van der Waals surface area contributed by atoms with Crippen molar-refractivity contribution < 1.29 is 4.74 Å². The molecule has 0 fully saturated rings. The van der Waals surface area contributed by atoms with Crippen LogP contribution in [0, 0.1) is 0 Å². The van der Waals surface area contributed by atoms with Crippen LogP contribution in [0.1, 0.15) is 25.3 Å². The molecule has 0 amide bonds. The van der Waals surface area contributed by atoms with Gasteiger partial charge in [-0.3, -0.25) is 0 Å². The number of hydrogen-bond acceptors (Lipinski definition) is 5. The summed E-state index contributed by atoms with van der Waals surface area (Å²) in [5.41, 5.74) is 1.11. The molecule has 1 aromatic heterocycles. The zero-order valence-electron chi connectivity index (χ0n) is 10.4. The summed E-state index contributed by atoms with van der Waals surface area (Å²) in [7, 11) is 3.55. The molecular formula is C11H20N4O. The Bertz CT molecular complexity index is 328. The van der Waals surface area contributed by atoms with Gasteiger partial charge in [0.25, 0.3) is 0 Å². The quantitative estimate of drug-likeness (QED) is 0.720. The predicted molar refractivity (Wildman–Crippen MR) is 66.0 cm³/mol. The molecule has 1 heterocycles. The van der Waals surface area contributed by atoms with Gasteiger partial charge in [0.1, 0.15) is 18.0 Å². The van der Waals surface area contributed by atoms with E-state index in [0.717, 1.165) is 23.7 Å². The van der Waals surface area contributed by atoms with E-state index < -0.39 is 0 Å². The normalized spacial score (nSPS) is 10.6. The number of ether oxygens (including phenoxy) is 1. The molecular weight excluding hydrogens is 204 g/mol. The maximum Gasteiger partial charge on any atom is 0.135 e.